The van der Waals surface area contributed by atoms with E-state index >= 15 is 0 Å². The van der Waals surface area contributed by atoms with Gasteiger partial charge in [0.15, 0.2) is 0 Å². The lowest BCUT2D eigenvalue weighted by Crippen LogP contribution is -2.10. The van der Waals surface area contributed by atoms with E-state index in [1.54, 1.807) is 17.1 Å². The Morgan fingerprint density at radius 3 is 2.70 bits per heavy atom. The van der Waals surface area contributed by atoms with Crippen LogP contribution < -0.4 is 0 Å². The van der Waals surface area contributed by atoms with Gasteiger partial charge in [-0.2, -0.15) is 0 Å². The summed E-state index contributed by atoms with van der Waals surface area (Å²) in [6.45, 7) is 1.96. The molecule has 0 aliphatic rings. The van der Waals surface area contributed by atoms with E-state index in [1.165, 1.54) is 0 Å². The molecule has 1 unspecified atom stereocenters. The molecule has 2 aromatic heterocycles. The van der Waals surface area contributed by atoms with Crippen molar-refractivity contribution in [2.45, 2.75) is 13.0 Å². The third-order valence-corrected chi connectivity index (χ3v) is 3.07. The van der Waals surface area contributed by atoms with Gasteiger partial charge in [-0.15, -0.1) is 5.10 Å². The molecule has 2 heterocycles. The lowest BCUT2D eigenvalue weighted by atomic mass is 10.1. The number of aryl methyl sites for hydroxylation is 1. The zero-order valence-electron chi connectivity index (χ0n) is 11.0. The first-order valence-electron chi connectivity index (χ1n) is 6.32. The van der Waals surface area contributed by atoms with Gasteiger partial charge in [-0.3, -0.25) is 4.98 Å². The SMILES string of the molecule is Cc1ccnc(C(O)c2cnnn2-c2ccccc2)c1. The number of para-hydroxylation sites is 1. The predicted octanol–water partition coefficient (Wildman–Crippen LogP) is 2.05. The molecule has 100 valence electrons. The Kier molecular flexibility index (Phi) is 3.26. The summed E-state index contributed by atoms with van der Waals surface area (Å²) < 4.78 is 1.62. The van der Waals surface area contributed by atoms with Gasteiger partial charge < -0.3 is 5.11 Å². The highest BCUT2D eigenvalue weighted by atomic mass is 16.3. The van der Waals surface area contributed by atoms with Crippen molar-refractivity contribution in [3.05, 3.63) is 71.8 Å². The van der Waals surface area contributed by atoms with Crippen LogP contribution in [0.4, 0.5) is 0 Å². The van der Waals surface area contributed by atoms with Crippen LogP contribution in [0.3, 0.4) is 0 Å². The summed E-state index contributed by atoms with van der Waals surface area (Å²) in [7, 11) is 0. The fraction of sp³-hybridized carbons (Fsp3) is 0.133. The Labute approximate surface area is 116 Å². The number of benzene rings is 1. The number of hydrogen-bond donors (Lipinski definition) is 1. The van der Waals surface area contributed by atoms with Crippen molar-refractivity contribution in [2.75, 3.05) is 0 Å². The summed E-state index contributed by atoms with van der Waals surface area (Å²) in [4.78, 5) is 4.21. The Morgan fingerprint density at radius 2 is 1.95 bits per heavy atom. The fourth-order valence-electron chi connectivity index (χ4n) is 2.06. The van der Waals surface area contributed by atoms with Crippen LogP contribution in [0, 0.1) is 6.92 Å². The number of pyridine rings is 1. The van der Waals surface area contributed by atoms with E-state index < -0.39 is 6.10 Å². The Morgan fingerprint density at radius 1 is 1.15 bits per heavy atom. The van der Waals surface area contributed by atoms with Crippen molar-refractivity contribution in [3.63, 3.8) is 0 Å². The van der Waals surface area contributed by atoms with Gasteiger partial charge in [-0.1, -0.05) is 23.4 Å². The van der Waals surface area contributed by atoms with Crippen LogP contribution in [0.5, 0.6) is 0 Å². The molecule has 20 heavy (non-hydrogen) atoms. The Hall–Kier alpha value is -2.53. The first-order valence-corrected chi connectivity index (χ1v) is 6.32. The molecule has 0 saturated heterocycles. The smallest absolute Gasteiger partial charge is 0.140 e. The summed E-state index contributed by atoms with van der Waals surface area (Å²) in [6.07, 6.45) is 2.39. The molecule has 3 rings (SSSR count). The number of aromatic nitrogens is 4. The van der Waals surface area contributed by atoms with Crippen molar-refractivity contribution < 1.29 is 5.11 Å². The van der Waals surface area contributed by atoms with Gasteiger partial charge in [-0.25, -0.2) is 4.68 Å². The molecular formula is C15H14N4O. The minimum atomic E-state index is -0.856. The lowest BCUT2D eigenvalue weighted by molar-refractivity contribution is 0.207. The maximum atomic E-state index is 10.5. The van der Waals surface area contributed by atoms with E-state index in [9.17, 15) is 5.11 Å². The number of aliphatic hydroxyl groups excluding tert-OH is 1. The number of aliphatic hydroxyl groups is 1. The van der Waals surface area contributed by atoms with Crippen molar-refractivity contribution in [2.24, 2.45) is 0 Å². The number of nitrogens with zero attached hydrogens (tertiary/aromatic N) is 4. The topological polar surface area (TPSA) is 63.8 Å². The van der Waals surface area contributed by atoms with E-state index in [-0.39, 0.29) is 0 Å². The standard InChI is InChI=1S/C15H14N4O/c1-11-7-8-16-13(9-11)15(20)14-10-17-18-19(14)12-5-3-2-4-6-12/h2-10,15,20H,1H3. The zero-order valence-corrected chi connectivity index (χ0v) is 11.0. The molecule has 1 aromatic carbocycles. The van der Waals surface area contributed by atoms with Crippen LogP contribution >= 0.6 is 0 Å². The van der Waals surface area contributed by atoms with Gasteiger partial charge in [0.05, 0.1) is 23.3 Å². The lowest BCUT2D eigenvalue weighted by Gasteiger charge is -2.12. The highest BCUT2D eigenvalue weighted by molar-refractivity contribution is 5.33. The molecule has 0 saturated carbocycles. The fourth-order valence-corrected chi connectivity index (χ4v) is 2.06. The number of rotatable bonds is 3. The van der Waals surface area contributed by atoms with E-state index in [1.807, 2.05) is 49.4 Å². The van der Waals surface area contributed by atoms with Crippen LogP contribution in [0.2, 0.25) is 0 Å². The zero-order chi connectivity index (χ0) is 13.9. The Bertz CT molecular complexity index is 709. The quantitative estimate of drug-likeness (QED) is 0.788. The molecule has 0 bridgehead atoms. The average Bonchev–Trinajstić information content (AvgIpc) is 2.97. The summed E-state index contributed by atoms with van der Waals surface area (Å²) in [5.74, 6) is 0. The van der Waals surface area contributed by atoms with E-state index in [0.717, 1.165) is 11.3 Å². The predicted molar refractivity (Wildman–Crippen MR) is 74.4 cm³/mol. The first kappa shape index (κ1) is 12.5. The molecule has 0 spiro atoms. The van der Waals surface area contributed by atoms with Gasteiger partial charge in [0, 0.05) is 6.20 Å². The summed E-state index contributed by atoms with van der Waals surface area (Å²) in [5.41, 5.74) is 3.08. The average molecular weight is 266 g/mol. The van der Waals surface area contributed by atoms with Gasteiger partial charge in [0.1, 0.15) is 6.10 Å². The second-order valence-electron chi connectivity index (χ2n) is 4.57. The first-order chi connectivity index (χ1) is 9.75. The maximum Gasteiger partial charge on any atom is 0.140 e. The maximum absolute atomic E-state index is 10.5. The van der Waals surface area contributed by atoms with Gasteiger partial charge in [-0.05, 0) is 36.8 Å². The van der Waals surface area contributed by atoms with Crippen LogP contribution in [-0.2, 0) is 0 Å². The van der Waals surface area contributed by atoms with Crippen molar-refractivity contribution >= 4 is 0 Å². The molecule has 0 fully saturated rings. The molecule has 0 aliphatic heterocycles. The molecule has 0 aliphatic carbocycles. The molecule has 1 N–H and O–H groups in total. The van der Waals surface area contributed by atoms with Crippen molar-refractivity contribution in [1.29, 1.82) is 0 Å². The minimum absolute atomic E-state index is 0.587. The second-order valence-corrected chi connectivity index (χ2v) is 4.57. The summed E-state index contributed by atoms with van der Waals surface area (Å²) in [5, 5.41) is 18.4. The van der Waals surface area contributed by atoms with Crippen LogP contribution in [0.25, 0.3) is 5.69 Å². The second kappa shape index (κ2) is 5.22. The van der Waals surface area contributed by atoms with Crippen LogP contribution in [0.15, 0.2) is 54.9 Å². The normalized spacial score (nSPS) is 12.3. The van der Waals surface area contributed by atoms with Gasteiger partial charge in [0.2, 0.25) is 0 Å². The molecule has 1 atom stereocenters. The summed E-state index contributed by atoms with van der Waals surface area (Å²) in [6, 6.07) is 13.3. The molecular weight excluding hydrogens is 252 g/mol. The molecule has 3 aromatic rings. The van der Waals surface area contributed by atoms with E-state index in [2.05, 4.69) is 15.3 Å². The highest BCUT2D eigenvalue weighted by Gasteiger charge is 2.18. The van der Waals surface area contributed by atoms with Gasteiger partial charge in [0.25, 0.3) is 0 Å². The third-order valence-electron chi connectivity index (χ3n) is 3.07. The van der Waals surface area contributed by atoms with E-state index in [4.69, 9.17) is 0 Å². The molecule has 0 radical (unpaired) electrons. The molecule has 5 nitrogen and oxygen atoms in total. The molecule has 0 amide bonds. The minimum Gasteiger partial charge on any atom is -0.380 e. The molecule has 5 heteroatoms. The van der Waals surface area contributed by atoms with Gasteiger partial charge >= 0.3 is 0 Å². The largest absolute Gasteiger partial charge is 0.380 e. The van der Waals surface area contributed by atoms with Crippen molar-refractivity contribution in [1.82, 2.24) is 20.0 Å². The third kappa shape index (κ3) is 2.31. The van der Waals surface area contributed by atoms with Crippen LogP contribution in [-0.4, -0.2) is 25.1 Å². The monoisotopic (exact) mass is 266 g/mol. The van der Waals surface area contributed by atoms with Crippen molar-refractivity contribution in [3.8, 4) is 5.69 Å². The number of hydrogen-bond acceptors (Lipinski definition) is 4. The van der Waals surface area contributed by atoms with Crippen LogP contribution in [0.1, 0.15) is 23.1 Å². The Balaban J connectivity index is 2.02. The highest BCUT2D eigenvalue weighted by Crippen LogP contribution is 2.22. The van der Waals surface area contributed by atoms with E-state index in [0.29, 0.717) is 11.4 Å². The summed E-state index contributed by atoms with van der Waals surface area (Å²) >= 11 is 0.